The zero-order valence-electron chi connectivity index (χ0n) is 12.6. The Bertz CT molecular complexity index is 839. The normalized spacial score (nSPS) is 10.7. The van der Waals surface area contributed by atoms with Crippen LogP contribution in [0.2, 0.25) is 0 Å². The summed E-state index contributed by atoms with van der Waals surface area (Å²) in [7, 11) is 0. The Kier molecular flexibility index (Phi) is 4.38. The van der Waals surface area contributed by atoms with Crippen molar-refractivity contribution in [1.82, 2.24) is 15.3 Å². The minimum absolute atomic E-state index is 0.123. The maximum absolute atomic E-state index is 12.2. The summed E-state index contributed by atoms with van der Waals surface area (Å²) < 4.78 is 5.31. The number of furan rings is 1. The van der Waals surface area contributed by atoms with Gasteiger partial charge in [0.05, 0.1) is 23.1 Å². The van der Waals surface area contributed by atoms with E-state index in [-0.39, 0.29) is 5.91 Å². The van der Waals surface area contributed by atoms with Crippen LogP contribution in [-0.4, -0.2) is 22.4 Å². The predicted molar refractivity (Wildman–Crippen MR) is 90.7 cm³/mol. The molecule has 0 atom stereocenters. The fourth-order valence-electron chi connectivity index (χ4n) is 2.25. The van der Waals surface area contributed by atoms with Crippen LogP contribution in [-0.2, 0) is 6.54 Å². The Labute approximate surface area is 137 Å². The van der Waals surface area contributed by atoms with Crippen molar-refractivity contribution in [3.63, 3.8) is 0 Å². The first-order chi connectivity index (χ1) is 11.2. The third kappa shape index (κ3) is 3.09. The van der Waals surface area contributed by atoms with Gasteiger partial charge in [-0.3, -0.25) is 4.79 Å². The van der Waals surface area contributed by atoms with Gasteiger partial charge in [-0.1, -0.05) is 6.08 Å². The lowest BCUT2D eigenvalue weighted by Gasteiger charge is -2.05. The quantitative estimate of drug-likeness (QED) is 0.680. The second-order valence-corrected chi connectivity index (χ2v) is 5.89. The largest absolute Gasteiger partial charge is 0.467 e. The number of aromatic nitrogens is 2. The summed E-state index contributed by atoms with van der Waals surface area (Å²) in [4.78, 5) is 22.2. The molecular weight excluding hydrogens is 312 g/mol. The standard InChI is InChI=1S/C16H16N4O2S/c1-3-6-17-15(21)13-10(2)12-14(19-9-20-16(12)23-13)18-8-11-5-4-7-22-11/h3-5,7,9H,1,6,8H2,2H3,(H,17,21)(H,18,19,20). The lowest BCUT2D eigenvalue weighted by molar-refractivity contribution is 0.0961. The number of hydrogen-bond donors (Lipinski definition) is 2. The summed E-state index contributed by atoms with van der Waals surface area (Å²) in [5.41, 5.74) is 0.870. The molecule has 0 aliphatic heterocycles. The molecule has 23 heavy (non-hydrogen) atoms. The molecule has 0 unspecified atom stereocenters. The lowest BCUT2D eigenvalue weighted by atomic mass is 10.2. The molecule has 0 aromatic carbocycles. The van der Waals surface area contributed by atoms with Gasteiger partial charge in [0.2, 0.25) is 0 Å². The van der Waals surface area contributed by atoms with Crippen molar-refractivity contribution in [3.05, 3.63) is 53.6 Å². The predicted octanol–water partition coefficient (Wildman–Crippen LogP) is 3.12. The molecule has 0 aliphatic carbocycles. The molecule has 3 rings (SSSR count). The minimum atomic E-state index is -0.123. The number of aryl methyl sites for hydroxylation is 1. The number of amides is 1. The summed E-state index contributed by atoms with van der Waals surface area (Å²) in [6, 6.07) is 3.73. The Morgan fingerprint density at radius 2 is 2.35 bits per heavy atom. The van der Waals surface area contributed by atoms with Crippen molar-refractivity contribution in [3.8, 4) is 0 Å². The van der Waals surface area contributed by atoms with E-state index in [9.17, 15) is 4.79 Å². The van der Waals surface area contributed by atoms with E-state index in [1.54, 1.807) is 12.3 Å². The van der Waals surface area contributed by atoms with E-state index >= 15 is 0 Å². The number of hydrogen-bond acceptors (Lipinski definition) is 6. The average molecular weight is 328 g/mol. The Hall–Kier alpha value is -2.67. The zero-order valence-corrected chi connectivity index (χ0v) is 13.4. The summed E-state index contributed by atoms with van der Waals surface area (Å²) in [5, 5.41) is 6.90. The molecule has 7 heteroatoms. The van der Waals surface area contributed by atoms with Crippen molar-refractivity contribution >= 4 is 33.3 Å². The van der Waals surface area contributed by atoms with E-state index < -0.39 is 0 Å². The number of fused-ring (bicyclic) bond motifs is 1. The van der Waals surface area contributed by atoms with Crippen molar-refractivity contribution < 1.29 is 9.21 Å². The van der Waals surface area contributed by atoms with Crippen molar-refractivity contribution in [2.75, 3.05) is 11.9 Å². The molecule has 0 aliphatic rings. The van der Waals surface area contributed by atoms with Gasteiger partial charge in [0, 0.05) is 6.54 Å². The maximum atomic E-state index is 12.2. The second kappa shape index (κ2) is 6.62. The molecule has 6 nitrogen and oxygen atoms in total. The highest BCUT2D eigenvalue weighted by Gasteiger charge is 2.18. The highest BCUT2D eigenvalue weighted by molar-refractivity contribution is 7.20. The molecule has 0 saturated heterocycles. The van der Waals surface area contributed by atoms with Gasteiger partial charge >= 0.3 is 0 Å². The van der Waals surface area contributed by atoms with E-state index in [0.29, 0.717) is 23.8 Å². The van der Waals surface area contributed by atoms with E-state index in [2.05, 4.69) is 27.2 Å². The smallest absolute Gasteiger partial charge is 0.261 e. The van der Waals surface area contributed by atoms with Gasteiger partial charge in [-0.2, -0.15) is 0 Å². The number of rotatable bonds is 6. The monoisotopic (exact) mass is 328 g/mol. The summed E-state index contributed by atoms with van der Waals surface area (Å²) in [6.07, 6.45) is 4.77. The van der Waals surface area contributed by atoms with Crippen LogP contribution < -0.4 is 10.6 Å². The topological polar surface area (TPSA) is 80.0 Å². The first kappa shape index (κ1) is 15.2. The molecule has 0 radical (unpaired) electrons. The number of anilines is 1. The van der Waals surface area contributed by atoms with Crippen molar-refractivity contribution in [2.45, 2.75) is 13.5 Å². The third-order valence-corrected chi connectivity index (χ3v) is 4.55. The number of carbonyl (C=O) groups excluding carboxylic acids is 1. The molecule has 2 N–H and O–H groups in total. The van der Waals surface area contributed by atoms with Gasteiger partial charge in [0.15, 0.2) is 0 Å². The van der Waals surface area contributed by atoms with Crippen LogP contribution in [0.4, 0.5) is 5.82 Å². The molecule has 3 aromatic heterocycles. The van der Waals surface area contributed by atoms with Crippen LogP contribution in [0.3, 0.4) is 0 Å². The SMILES string of the molecule is C=CCNC(=O)c1sc2ncnc(NCc3ccco3)c2c1C. The van der Waals surface area contributed by atoms with Gasteiger partial charge < -0.3 is 15.1 Å². The Morgan fingerprint density at radius 3 is 3.09 bits per heavy atom. The summed E-state index contributed by atoms with van der Waals surface area (Å²) >= 11 is 1.36. The molecule has 118 valence electrons. The van der Waals surface area contributed by atoms with E-state index in [1.807, 2.05) is 19.1 Å². The Balaban J connectivity index is 1.91. The molecule has 0 spiro atoms. The van der Waals surface area contributed by atoms with Crippen LogP contribution in [0.25, 0.3) is 10.2 Å². The molecule has 1 amide bonds. The molecule has 0 saturated carbocycles. The van der Waals surface area contributed by atoms with Gasteiger partial charge in [-0.05, 0) is 24.6 Å². The fraction of sp³-hybridized carbons (Fsp3) is 0.188. The third-order valence-electron chi connectivity index (χ3n) is 3.35. The number of carbonyl (C=O) groups is 1. The summed E-state index contributed by atoms with van der Waals surface area (Å²) in [6.45, 7) is 6.46. The molecular formula is C16H16N4O2S. The highest BCUT2D eigenvalue weighted by Crippen LogP contribution is 2.33. The minimum Gasteiger partial charge on any atom is -0.467 e. The maximum Gasteiger partial charge on any atom is 0.261 e. The van der Waals surface area contributed by atoms with E-state index in [4.69, 9.17) is 4.42 Å². The van der Waals surface area contributed by atoms with E-state index in [1.165, 1.54) is 17.7 Å². The van der Waals surface area contributed by atoms with Crippen LogP contribution in [0.5, 0.6) is 0 Å². The molecule has 3 heterocycles. The van der Waals surface area contributed by atoms with Crippen LogP contribution >= 0.6 is 11.3 Å². The van der Waals surface area contributed by atoms with Gasteiger partial charge in [0.25, 0.3) is 5.91 Å². The number of thiophene rings is 1. The molecule has 0 bridgehead atoms. The first-order valence-corrected chi connectivity index (χ1v) is 7.91. The molecule has 3 aromatic rings. The lowest BCUT2D eigenvalue weighted by Crippen LogP contribution is -2.22. The number of nitrogens with zero attached hydrogens (tertiary/aromatic N) is 2. The zero-order chi connectivity index (χ0) is 16.2. The van der Waals surface area contributed by atoms with Crippen molar-refractivity contribution in [2.24, 2.45) is 0 Å². The highest BCUT2D eigenvalue weighted by atomic mass is 32.1. The number of nitrogens with one attached hydrogen (secondary N) is 2. The first-order valence-electron chi connectivity index (χ1n) is 7.10. The molecule has 0 fully saturated rings. The van der Waals surface area contributed by atoms with Crippen LogP contribution in [0, 0.1) is 6.92 Å². The van der Waals surface area contributed by atoms with Gasteiger partial charge in [-0.15, -0.1) is 17.9 Å². The van der Waals surface area contributed by atoms with Gasteiger partial charge in [0.1, 0.15) is 22.7 Å². The second-order valence-electron chi connectivity index (χ2n) is 4.89. The van der Waals surface area contributed by atoms with E-state index in [0.717, 1.165) is 21.5 Å². The van der Waals surface area contributed by atoms with Crippen LogP contribution in [0.1, 0.15) is 21.0 Å². The van der Waals surface area contributed by atoms with Gasteiger partial charge in [-0.25, -0.2) is 9.97 Å². The summed E-state index contributed by atoms with van der Waals surface area (Å²) in [5.74, 6) is 1.39. The fourth-order valence-corrected chi connectivity index (χ4v) is 3.32. The Morgan fingerprint density at radius 1 is 1.48 bits per heavy atom. The van der Waals surface area contributed by atoms with Crippen molar-refractivity contribution in [1.29, 1.82) is 0 Å². The average Bonchev–Trinajstić information content (AvgIpc) is 3.19. The van der Waals surface area contributed by atoms with Crippen LogP contribution in [0.15, 0.2) is 41.8 Å².